The molecule has 32 heavy (non-hydrogen) atoms. The standard InChI is InChI=1S/C21H26ClN5O5/c1-4-25(5-2)15-7-10-19(20(14-15)26(21(28)29)11-12-32-6-3)24-23-18-9-8-16(27(30)31)13-17(18)22/h7-10,13-14H,4-6,11-12H2,1-3H3,(H,28,29). The molecule has 0 unspecified atom stereocenters. The summed E-state index contributed by atoms with van der Waals surface area (Å²) in [7, 11) is 0. The van der Waals surface area contributed by atoms with E-state index >= 15 is 0 Å². The largest absolute Gasteiger partial charge is 0.465 e. The van der Waals surface area contributed by atoms with Crippen LogP contribution in [0.25, 0.3) is 0 Å². The Morgan fingerprint density at radius 1 is 1.12 bits per heavy atom. The molecule has 11 heteroatoms. The van der Waals surface area contributed by atoms with Gasteiger partial charge in [-0.1, -0.05) is 11.6 Å². The van der Waals surface area contributed by atoms with Gasteiger partial charge in [0.15, 0.2) is 0 Å². The molecule has 1 N–H and O–H groups in total. The number of ether oxygens (including phenoxy) is 1. The van der Waals surface area contributed by atoms with Crippen LogP contribution in [0, 0.1) is 10.1 Å². The predicted molar refractivity (Wildman–Crippen MR) is 124 cm³/mol. The maximum atomic E-state index is 12.0. The van der Waals surface area contributed by atoms with E-state index in [4.69, 9.17) is 16.3 Å². The lowest BCUT2D eigenvalue weighted by Gasteiger charge is -2.25. The fourth-order valence-corrected chi connectivity index (χ4v) is 3.23. The summed E-state index contributed by atoms with van der Waals surface area (Å²) in [5.74, 6) is 0. The molecule has 0 aliphatic rings. The predicted octanol–water partition coefficient (Wildman–Crippen LogP) is 6.03. The zero-order valence-electron chi connectivity index (χ0n) is 18.2. The molecule has 2 rings (SSSR count). The Bertz CT molecular complexity index is 981. The quantitative estimate of drug-likeness (QED) is 0.188. The monoisotopic (exact) mass is 463 g/mol. The number of rotatable bonds is 11. The van der Waals surface area contributed by atoms with Crippen molar-refractivity contribution >= 4 is 46.1 Å². The number of nitrogens with zero attached hydrogens (tertiary/aromatic N) is 5. The first-order valence-electron chi connectivity index (χ1n) is 10.1. The number of hydrogen-bond donors (Lipinski definition) is 1. The molecule has 0 aliphatic heterocycles. The summed E-state index contributed by atoms with van der Waals surface area (Å²) in [6, 6.07) is 9.12. The molecule has 2 aromatic rings. The van der Waals surface area contributed by atoms with Crippen LogP contribution in [-0.2, 0) is 4.74 Å². The highest BCUT2D eigenvalue weighted by atomic mass is 35.5. The minimum atomic E-state index is -1.15. The first-order chi connectivity index (χ1) is 15.3. The van der Waals surface area contributed by atoms with Crippen LogP contribution in [0.5, 0.6) is 0 Å². The summed E-state index contributed by atoms with van der Waals surface area (Å²) >= 11 is 6.10. The van der Waals surface area contributed by atoms with Gasteiger partial charge in [-0.05, 0) is 45.0 Å². The smallest absolute Gasteiger partial charge is 0.411 e. The Kier molecular flexibility index (Phi) is 9.36. The van der Waals surface area contributed by atoms with Crippen molar-refractivity contribution in [3.63, 3.8) is 0 Å². The summed E-state index contributed by atoms with van der Waals surface area (Å²) in [5, 5.41) is 29.1. The number of non-ortho nitro benzene ring substituents is 1. The number of anilines is 2. The molecular formula is C21H26ClN5O5. The first kappa shape index (κ1) is 25.0. The van der Waals surface area contributed by atoms with E-state index in [1.807, 2.05) is 26.8 Å². The van der Waals surface area contributed by atoms with E-state index < -0.39 is 11.0 Å². The Morgan fingerprint density at radius 3 is 2.34 bits per heavy atom. The van der Waals surface area contributed by atoms with Crippen molar-refractivity contribution in [3.8, 4) is 0 Å². The van der Waals surface area contributed by atoms with Gasteiger partial charge in [-0.15, -0.1) is 10.2 Å². The van der Waals surface area contributed by atoms with Gasteiger partial charge >= 0.3 is 6.09 Å². The number of benzene rings is 2. The zero-order chi connectivity index (χ0) is 23.7. The molecule has 0 aliphatic carbocycles. The van der Waals surface area contributed by atoms with Crippen molar-refractivity contribution in [2.75, 3.05) is 42.6 Å². The fraction of sp³-hybridized carbons (Fsp3) is 0.381. The normalized spacial score (nSPS) is 11.0. The van der Waals surface area contributed by atoms with Gasteiger partial charge in [-0.25, -0.2) is 4.79 Å². The van der Waals surface area contributed by atoms with Crippen LogP contribution < -0.4 is 9.80 Å². The number of halogens is 1. The van der Waals surface area contributed by atoms with Gasteiger partial charge in [-0.2, -0.15) is 0 Å². The van der Waals surface area contributed by atoms with Crippen molar-refractivity contribution in [2.24, 2.45) is 10.2 Å². The molecule has 0 heterocycles. The highest BCUT2D eigenvalue weighted by Gasteiger charge is 2.20. The molecule has 172 valence electrons. The summed E-state index contributed by atoms with van der Waals surface area (Å²) in [6.07, 6.45) is -1.15. The molecule has 0 atom stereocenters. The van der Waals surface area contributed by atoms with E-state index in [1.165, 1.54) is 18.2 Å². The minimum Gasteiger partial charge on any atom is -0.465 e. The molecule has 1 amide bonds. The molecule has 0 saturated heterocycles. The van der Waals surface area contributed by atoms with Crippen LogP contribution in [0.15, 0.2) is 46.6 Å². The third-order valence-electron chi connectivity index (χ3n) is 4.68. The van der Waals surface area contributed by atoms with Crippen LogP contribution in [0.4, 0.5) is 33.2 Å². The number of nitro benzene ring substituents is 1. The molecule has 0 saturated carbocycles. The summed E-state index contributed by atoms with van der Waals surface area (Å²) < 4.78 is 5.33. The maximum absolute atomic E-state index is 12.0. The highest BCUT2D eigenvalue weighted by molar-refractivity contribution is 6.33. The molecular weight excluding hydrogens is 438 g/mol. The average Bonchev–Trinajstić information content (AvgIpc) is 2.77. The molecule has 0 fully saturated rings. The van der Waals surface area contributed by atoms with Gasteiger partial charge in [0.1, 0.15) is 11.4 Å². The van der Waals surface area contributed by atoms with Crippen molar-refractivity contribution in [3.05, 3.63) is 51.5 Å². The second-order valence-corrected chi connectivity index (χ2v) is 6.98. The van der Waals surface area contributed by atoms with Crippen molar-refractivity contribution in [1.82, 2.24) is 0 Å². The molecule has 0 radical (unpaired) electrons. The maximum Gasteiger partial charge on any atom is 0.411 e. The average molecular weight is 464 g/mol. The van der Waals surface area contributed by atoms with E-state index in [0.29, 0.717) is 18.0 Å². The number of hydrogen-bond acceptors (Lipinski definition) is 7. The van der Waals surface area contributed by atoms with Gasteiger partial charge in [0.2, 0.25) is 0 Å². The van der Waals surface area contributed by atoms with Crippen molar-refractivity contribution < 1.29 is 19.6 Å². The summed E-state index contributed by atoms with van der Waals surface area (Å²) in [5.41, 5.74) is 1.58. The highest BCUT2D eigenvalue weighted by Crippen LogP contribution is 2.36. The summed E-state index contributed by atoms with van der Waals surface area (Å²) in [6.45, 7) is 8.17. The first-order valence-corrected chi connectivity index (χ1v) is 10.5. The third-order valence-corrected chi connectivity index (χ3v) is 4.98. The van der Waals surface area contributed by atoms with E-state index in [-0.39, 0.29) is 29.5 Å². The molecule has 0 spiro atoms. The van der Waals surface area contributed by atoms with E-state index in [2.05, 4.69) is 15.1 Å². The Hall–Kier alpha value is -3.24. The Balaban J connectivity index is 2.49. The van der Waals surface area contributed by atoms with E-state index in [9.17, 15) is 20.0 Å². The second kappa shape index (κ2) is 12.0. The van der Waals surface area contributed by atoms with Crippen LogP contribution >= 0.6 is 11.6 Å². The van der Waals surface area contributed by atoms with Crippen molar-refractivity contribution in [2.45, 2.75) is 20.8 Å². The van der Waals surface area contributed by atoms with Crippen LogP contribution in [0.3, 0.4) is 0 Å². The number of amides is 1. The van der Waals surface area contributed by atoms with Gasteiger partial charge in [0, 0.05) is 37.5 Å². The SMILES string of the molecule is CCOCCN(C(=O)O)c1cc(N(CC)CC)ccc1N=Nc1ccc([N+](=O)[O-])cc1Cl. The van der Waals surface area contributed by atoms with E-state index in [1.54, 1.807) is 12.1 Å². The fourth-order valence-electron chi connectivity index (χ4n) is 3.02. The van der Waals surface area contributed by atoms with Crippen LogP contribution in [-0.4, -0.2) is 49.0 Å². The minimum absolute atomic E-state index is 0.0655. The Morgan fingerprint density at radius 2 is 1.78 bits per heavy atom. The lowest BCUT2D eigenvalue weighted by molar-refractivity contribution is -0.384. The molecule has 2 aromatic carbocycles. The van der Waals surface area contributed by atoms with Crippen LogP contribution in [0.1, 0.15) is 20.8 Å². The molecule has 10 nitrogen and oxygen atoms in total. The molecule has 0 aromatic heterocycles. The van der Waals surface area contributed by atoms with Gasteiger partial charge in [0.05, 0.1) is 28.8 Å². The zero-order valence-corrected chi connectivity index (χ0v) is 18.9. The lowest BCUT2D eigenvalue weighted by atomic mass is 10.2. The van der Waals surface area contributed by atoms with E-state index in [0.717, 1.165) is 23.7 Å². The third kappa shape index (κ3) is 6.38. The second-order valence-electron chi connectivity index (χ2n) is 6.57. The van der Waals surface area contributed by atoms with Gasteiger partial charge in [-0.3, -0.25) is 15.0 Å². The number of azo groups is 1. The molecule has 0 bridgehead atoms. The van der Waals surface area contributed by atoms with Crippen molar-refractivity contribution in [1.29, 1.82) is 0 Å². The number of carbonyl (C=O) groups is 1. The number of carboxylic acid groups (broad SMARTS) is 1. The van der Waals surface area contributed by atoms with Gasteiger partial charge in [0.25, 0.3) is 5.69 Å². The van der Waals surface area contributed by atoms with Crippen LogP contribution in [0.2, 0.25) is 5.02 Å². The number of nitro groups is 1. The Labute approximate surface area is 191 Å². The summed E-state index contributed by atoms with van der Waals surface area (Å²) in [4.78, 5) is 25.6. The lowest BCUT2D eigenvalue weighted by Crippen LogP contribution is -2.33. The topological polar surface area (TPSA) is 121 Å². The van der Waals surface area contributed by atoms with Gasteiger partial charge < -0.3 is 14.7 Å².